The van der Waals surface area contributed by atoms with Gasteiger partial charge in [0.2, 0.25) is 5.91 Å². The molecule has 3 aromatic carbocycles. The van der Waals surface area contributed by atoms with Crippen molar-refractivity contribution in [1.82, 2.24) is 10.3 Å². The van der Waals surface area contributed by atoms with Crippen LogP contribution in [-0.4, -0.2) is 28.0 Å². The van der Waals surface area contributed by atoms with E-state index >= 15 is 0 Å². The predicted octanol–water partition coefficient (Wildman–Crippen LogP) is 7.57. The Morgan fingerprint density at radius 3 is 2.27 bits per heavy atom. The number of nitrogens with one attached hydrogen (secondary N) is 3. The number of aromatic nitrogens is 1. The Hall–Kier alpha value is -3.82. The zero-order chi connectivity index (χ0) is 29.4. The number of carbonyl (C=O) groups excluding carboxylic acids is 3. The first-order chi connectivity index (χ1) is 19.7. The van der Waals surface area contributed by atoms with E-state index in [9.17, 15) is 14.4 Å². The maximum absolute atomic E-state index is 13.3. The van der Waals surface area contributed by atoms with Gasteiger partial charge < -0.3 is 16.0 Å². The first-order valence-electron chi connectivity index (χ1n) is 12.2. The summed E-state index contributed by atoms with van der Waals surface area (Å²) in [5.74, 6) is -0.829. The second-order valence-electron chi connectivity index (χ2n) is 8.61. The molecule has 4 rings (SSSR count). The number of nitrogens with zero attached hydrogens (tertiary/aromatic N) is 1. The highest BCUT2D eigenvalue weighted by atomic mass is 35.5. The van der Waals surface area contributed by atoms with Crippen molar-refractivity contribution in [3.63, 3.8) is 0 Å². The molecule has 1 unspecified atom stereocenters. The van der Waals surface area contributed by atoms with Crippen LogP contribution in [0.3, 0.4) is 0 Å². The number of benzene rings is 3. The summed E-state index contributed by atoms with van der Waals surface area (Å²) in [6, 6.07) is 23.8. The molecule has 208 valence electrons. The minimum Gasteiger partial charge on any atom is -0.321 e. The average Bonchev–Trinajstić information content (AvgIpc) is 2.97. The van der Waals surface area contributed by atoms with Gasteiger partial charge in [0.1, 0.15) is 11.5 Å². The molecular weight excluding hydrogens is 603 g/mol. The fourth-order valence-corrected chi connectivity index (χ4v) is 4.82. The van der Waals surface area contributed by atoms with Gasteiger partial charge in [-0.05, 0) is 73.2 Å². The lowest BCUT2D eigenvalue weighted by Crippen LogP contribution is -2.30. The van der Waals surface area contributed by atoms with Gasteiger partial charge in [-0.15, -0.1) is 11.8 Å². The van der Waals surface area contributed by atoms with Crippen LogP contribution in [0.15, 0.2) is 102 Å². The molecule has 1 aromatic heterocycles. The number of anilines is 2. The van der Waals surface area contributed by atoms with E-state index in [1.807, 2.05) is 0 Å². The van der Waals surface area contributed by atoms with Crippen molar-refractivity contribution < 1.29 is 14.4 Å². The lowest BCUT2D eigenvalue weighted by atomic mass is 10.1. The predicted molar refractivity (Wildman–Crippen MR) is 167 cm³/mol. The summed E-state index contributed by atoms with van der Waals surface area (Å²) in [6.07, 6.45) is 2.92. The van der Waals surface area contributed by atoms with E-state index in [4.69, 9.17) is 34.8 Å². The second-order valence-corrected chi connectivity index (χ2v) is 11.2. The average molecular weight is 626 g/mol. The highest BCUT2D eigenvalue weighted by Gasteiger charge is 2.18. The van der Waals surface area contributed by atoms with Crippen molar-refractivity contribution in [3.05, 3.63) is 123 Å². The van der Waals surface area contributed by atoms with Gasteiger partial charge in [0, 0.05) is 22.3 Å². The summed E-state index contributed by atoms with van der Waals surface area (Å²) in [7, 11) is 0. The van der Waals surface area contributed by atoms with E-state index < -0.39 is 17.1 Å². The van der Waals surface area contributed by atoms with Gasteiger partial charge in [-0.2, -0.15) is 0 Å². The third-order valence-electron chi connectivity index (χ3n) is 5.58. The molecule has 0 radical (unpaired) electrons. The lowest BCUT2D eigenvalue weighted by Gasteiger charge is -2.13. The minimum atomic E-state index is -0.561. The first kappa shape index (κ1) is 30.1. The molecular formula is C30H23Cl3N4O3S. The van der Waals surface area contributed by atoms with Gasteiger partial charge >= 0.3 is 0 Å². The SMILES string of the molecule is CC(Sc1ccc(NC(=O)/C(=C/c2cccc(Cl)c2Cl)NC(=O)c2ccccc2)cc1)C(=O)Nc1ccc(Cl)cn1. The monoisotopic (exact) mass is 624 g/mol. The van der Waals surface area contributed by atoms with Crippen LogP contribution in [0.1, 0.15) is 22.8 Å². The highest BCUT2D eigenvalue weighted by molar-refractivity contribution is 8.00. The van der Waals surface area contributed by atoms with E-state index in [0.29, 0.717) is 32.7 Å². The van der Waals surface area contributed by atoms with Crippen molar-refractivity contribution in [3.8, 4) is 0 Å². The van der Waals surface area contributed by atoms with Crippen molar-refractivity contribution in [2.45, 2.75) is 17.1 Å². The Kier molecular flexibility index (Phi) is 10.4. The van der Waals surface area contributed by atoms with Gasteiger partial charge in [-0.1, -0.05) is 65.1 Å². The largest absolute Gasteiger partial charge is 0.321 e. The zero-order valence-corrected chi connectivity index (χ0v) is 24.6. The van der Waals surface area contributed by atoms with Crippen LogP contribution in [-0.2, 0) is 9.59 Å². The molecule has 3 amide bonds. The highest BCUT2D eigenvalue weighted by Crippen LogP contribution is 2.28. The standard InChI is InChI=1S/C30H23Cl3N4O3S/c1-18(28(38)37-26-15-10-21(31)17-34-26)41-23-13-11-22(12-14-23)35-30(40)25(16-20-8-5-9-24(32)27(20)33)36-29(39)19-6-3-2-4-7-19/h2-18H,1H3,(H,35,40)(H,36,39)(H,34,37,38)/b25-16-. The van der Waals surface area contributed by atoms with Crippen LogP contribution in [0.4, 0.5) is 11.5 Å². The van der Waals surface area contributed by atoms with Gasteiger partial charge in [-0.3, -0.25) is 14.4 Å². The van der Waals surface area contributed by atoms with E-state index in [1.54, 1.807) is 91.9 Å². The summed E-state index contributed by atoms with van der Waals surface area (Å²) in [5.41, 5.74) is 1.31. The first-order valence-corrected chi connectivity index (χ1v) is 14.2. The maximum Gasteiger partial charge on any atom is 0.272 e. The summed E-state index contributed by atoms with van der Waals surface area (Å²) in [6.45, 7) is 1.78. The van der Waals surface area contributed by atoms with Gasteiger partial charge in [0.25, 0.3) is 11.8 Å². The molecule has 4 aromatic rings. The summed E-state index contributed by atoms with van der Waals surface area (Å²) < 4.78 is 0. The number of thioether (sulfide) groups is 1. The zero-order valence-electron chi connectivity index (χ0n) is 21.5. The second kappa shape index (κ2) is 14.2. The van der Waals surface area contributed by atoms with E-state index in [0.717, 1.165) is 4.90 Å². The molecule has 0 aliphatic carbocycles. The van der Waals surface area contributed by atoms with E-state index in [-0.39, 0.29) is 16.6 Å². The molecule has 1 atom stereocenters. The molecule has 11 heteroatoms. The van der Waals surface area contributed by atoms with Crippen LogP contribution >= 0.6 is 46.6 Å². The van der Waals surface area contributed by atoms with Crippen LogP contribution < -0.4 is 16.0 Å². The number of hydrogen-bond donors (Lipinski definition) is 3. The maximum atomic E-state index is 13.3. The third kappa shape index (κ3) is 8.58. The minimum absolute atomic E-state index is 0.0254. The van der Waals surface area contributed by atoms with Crippen LogP contribution in [0.25, 0.3) is 6.08 Å². The van der Waals surface area contributed by atoms with Crippen molar-refractivity contribution in [1.29, 1.82) is 0 Å². The number of amides is 3. The number of halogens is 3. The van der Waals surface area contributed by atoms with Gasteiger partial charge in [0.05, 0.1) is 20.3 Å². The van der Waals surface area contributed by atoms with Crippen LogP contribution in [0.2, 0.25) is 15.1 Å². The van der Waals surface area contributed by atoms with Crippen molar-refractivity contribution in [2.24, 2.45) is 0 Å². The lowest BCUT2D eigenvalue weighted by molar-refractivity contribution is -0.115. The van der Waals surface area contributed by atoms with Crippen LogP contribution in [0, 0.1) is 0 Å². The fourth-order valence-electron chi connectivity index (χ4n) is 3.48. The quantitative estimate of drug-likeness (QED) is 0.132. The third-order valence-corrected chi connectivity index (χ3v) is 7.75. The molecule has 0 aliphatic heterocycles. The molecule has 0 aliphatic rings. The number of hydrogen-bond acceptors (Lipinski definition) is 5. The van der Waals surface area contributed by atoms with Crippen LogP contribution in [0.5, 0.6) is 0 Å². The molecule has 0 bridgehead atoms. The molecule has 0 fully saturated rings. The Morgan fingerprint density at radius 1 is 0.854 bits per heavy atom. The van der Waals surface area contributed by atoms with E-state index in [2.05, 4.69) is 20.9 Å². The topological polar surface area (TPSA) is 100 Å². The smallest absolute Gasteiger partial charge is 0.272 e. The molecule has 3 N–H and O–H groups in total. The van der Waals surface area contributed by atoms with Gasteiger partial charge in [-0.25, -0.2) is 4.98 Å². The normalized spacial score (nSPS) is 11.9. The van der Waals surface area contributed by atoms with Crippen molar-refractivity contribution >= 4 is 81.9 Å². The van der Waals surface area contributed by atoms with E-state index in [1.165, 1.54) is 24.0 Å². The Labute approximate surface area is 256 Å². The molecule has 1 heterocycles. The van der Waals surface area contributed by atoms with Crippen molar-refractivity contribution in [2.75, 3.05) is 10.6 Å². The Morgan fingerprint density at radius 2 is 1.59 bits per heavy atom. The molecule has 0 saturated carbocycles. The summed E-state index contributed by atoms with van der Waals surface area (Å²) in [4.78, 5) is 43.6. The number of pyridine rings is 1. The summed E-state index contributed by atoms with van der Waals surface area (Å²) >= 11 is 19.7. The number of carbonyl (C=O) groups is 3. The number of rotatable bonds is 9. The molecule has 0 saturated heterocycles. The molecule has 0 spiro atoms. The summed E-state index contributed by atoms with van der Waals surface area (Å²) in [5, 5.41) is 8.83. The Bertz CT molecular complexity index is 1580. The Balaban J connectivity index is 1.45. The molecule has 41 heavy (non-hydrogen) atoms. The van der Waals surface area contributed by atoms with Gasteiger partial charge in [0.15, 0.2) is 0 Å². The molecule has 7 nitrogen and oxygen atoms in total. The fraction of sp³-hybridized carbons (Fsp3) is 0.0667.